The van der Waals surface area contributed by atoms with Crippen LogP contribution in [0.3, 0.4) is 0 Å². The van der Waals surface area contributed by atoms with Crippen molar-refractivity contribution in [2.45, 2.75) is 13.1 Å². The van der Waals surface area contributed by atoms with E-state index in [1.807, 2.05) is 17.5 Å². The molecule has 5 nitrogen and oxygen atoms in total. The first-order chi connectivity index (χ1) is 13.0. The molecule has 0 aliphatic rings. The highest BCUT2D eigenvalue weighted by Gasteiger charge is 2.15. The van der Waals surface area contributed by atoms with Crippen LogP contribution in [0, 0.1) is 0 Å². The van der Waals surface area contributed by atoms with E-state index in [0.29, 0.717) is 15.6 Å². The van der Waals surface area contributed by atoms with Crippen molar-refractivity contribution in [2.24, 2.45) is 0 Å². The highest BCUT2D eigenvalue weighted by Crippen LogP contribution is 2.23. The van der Waals surface area contributed by atoms with E-state index in [0.717, 1.165) is 10.4 Å². The molecule has 0 aliphatic heterocycles. The molecule has 0 radical (unpaired) electrons. The summed E-state index contributed by atoms with van der Waals surface area (Å²) in [5, 5.41) is 2.77. The topological polar surface area (TPSA) is 56.9 Å². The van der Waals surface area contributed by atoms with E-state index < -0.39 is 5.56 Å². The van der Waals surface area contributed by atoms with E-state index in [1.54, 1.807) is 36.5 Å². The molecule has 0 spiro atoms. The minimum atomic E-state index is -0.394. The third kappa shape index (κ3) is 3.43. The van der Waals surface area contributed by atoms with Crippen molar-refractivity contribution in [2.75, 3.05) is 0 Å². The molecular formula is C19H13Cl2N3O2S. The number of pyridine rings is 1. The van der Waals surface area contributed by atoms with Gasteiger partial charge in [0.2, 0.25) is 0 Å². The molecule has 1 aromatic carbocycles. The molecule has 0 unspecified atom stereocenters. The summed E-state index contributed by atoms with van der Waals surface area (Å²) in [4.78, 5) is 31.1. The molecule has 27 heavy (non-hydrogen) atoms. The zero-order valence-corrected chi connectivity index (χ0v) is 16.3. The number of halogens is 2. The normalized spacial score (nSPS) is 11.2. The molecule has 0 fully saturated rings. The van der Waals surface area contributed by atoms with Crippen LogP contribution in [0.4, 0.5) is 0 Å². The molecule has 4 aromatic rings. The Morgan fingerprint density at radius 1 is 0.963 bits per heavy atom. The monoisotopic (exact) mass is 417 g/mol. The van der Waals surface area contributed by atoms with Crippen molar-refractivity contribution >= 4 is 45.6 Å². The quantitative estimate of drug-likeness (QED) is 0.503. The Kier molecular flexibility index (Phi) is 4.86. The van der Waals surface area contributed by atoms with E-state index in [-0.39, 0.29) is 24.3 Å². The second-order valence-electron chi connectivity index (χ2n) is 5.96. The van der Waals surface area contributed by atoms with Crippen molar-refractivity contribution in [1.82, 2.24) is 14.1 Å². The molecule has 0 bridgehead atoms. The number of thiophene rings is 1. The highest BCUT2D eigenvalue weighted by atomic mass is 35.5. The third-order valence-corrected chi connectivity index (χ3v) is 5.81. The maximum absolute atomic E-state index is 13.1. The van der Waals surface area contributed by atoms with Crippen molar-refractivity contribution in [3.8, 4) is 0 Å². The lowest BCUT2D eigenvalue weighted by Gasteiger charge is -2.13. The molecule has 3 heterocycles. The molecule has 0 N–H and O–H groups in total. The zero-order chi connectivity index (χ0) is 19.0. The maximum atomic E-state index is 13.1. The fraction of sp³-hybridized carbons (Fsp3) is 0.105. The lowest BCUT2D eigenvalue weighted by atomic mass is 10.2. The maximum Gasteiger partial charge on any atom is 0.332 e. The molecule has 0 atom stereocenters. The van der Waals surface area contributed by atoms with Gasteiger partial charge in [-0.25, -0.2) is 9.78 Å². The summed E-state index contributed by atoms with van der Waals surface area (Å²) in [6.45, 7) is 0.464. The number of fused-ring (bicyclic) bond motifs is 1. The van der Waals surface area contributed by atoms with Crippen LogP contribution in [0.2, 0.25) is 10.0 Å². The molecule has 136 valence electrons. The average Bonchev–Trinajstić information content (AvgIpc) is 3.18. The molecule has 0 saturated heterocycles. The summed E-state index contributed by atoms with van der Waals surface area (Å²) in [7, 11) is 0. The Morgan fingerprint density at radius 3 is 2.56 bits per heavy atom. The van der Waals surface area contributed by atoms with E-state index in [1.165, 1.54) is 20.5 Å². The highest BCUT2D eigenvalue weighted by molar-refractivity contribution is 7.09. The number of aromatic nitrogens is 3. The molecule has 0 amide bonds. The van der Waals surface area contributed by atoms with Gasteiger partial charge in [0.05, 0.1) is 28.7 Å². The smallest absolute Gasteiger partial charge is 0.287 e. The van der Waals surface area contributed by atoms with Crippen LogP contribution in [-0.4, -0.2) is 14.1 Å². The summed E-state index contributed by atoms with van der Waals surface area (Å²) >= 11 is 13.6. The predicted molar refractivity (Wildman–Crippen MR) is 109 cm³/mol. The number of benzene rings is 1. The summed E-state index contributed by atoms with van der Waals surface area (Å²) in [6.07, 6.45) is 1.55. The number of rotatable bonds is 4. The van der Waals surface area contributed by atoms with Gasteiger partial charge in [-0.3, -0.25) is 13.9 Å². The van der Waals surface area contributed by atoms with Crippen LogP contribution in [-0.2, 0) is 13.1 Å². The van der Waals surface area contributed by atoms with Crippen molar-refractivity contribution in [3.05, 3.63) is 95.4 Å². The van der Waals surface area contributed by atoms with Crippen LogP contribution >= 0.6 is 34.5 Å². The predicted octanol–water partition coefficient (Wildman–Crippen LogP) is 4.02. The summed E-state index contributed by atoms with van der Waals surface area (Å²) in [5.74, 6) is 0. The zero-order valence-electron chi connectivity index (χ0n) is 13.9. The van der Waals surface area contributed by atoms with Crippen LogP contribution in [0.5, 0.6) is 0 Å². The van der Waals surface area contributed by atoms with Gasteiger partial charge in [0.15, 0.2) is 5.52 Å². The molecule has 4 rings (SSSR count). The first-order valence-electron chi connectivity index (χ1n) is 8.09. The van der Waals surface area contributed by atoms with Crippen molar-refractivity contribution in [3.63, 3.8) is 0 Å². The van der Waals surface area contributed by atoms with Gasteiger partial charge in [-0.15, -0.1) is 11.3 Å². The second kappa shape index (κ2) is 7.31. The first kappa shape index (κ1) is 18.0. The Balaban J connectivity index is 1.91. The summed E-state index contributed by atoms with van der Waals surface area (Å²) in [6, 6.07) is 12.4. The van der Waals surface area contributed by atoms with Gasteiger partial charge >= 0.3 is 5.69 Å². The van der Waals surface area contributed by atoms with Crippen molar-refractivity contribution in [1.29, 1.82) is 0 Å². The Labute approximate surface area is 168 Å². The summed E-state index contributed by atoms with van der Waals surface area (Å²) in [5.41, 5.74) is 0.766. The van der Waals surface area contributed by atoms with Gasteiger partial charge < -0.3 is 0 Å². The second-order valence-corrected chi connectivity index (χ2v) is 7.81. The largest absolute Gasteiger partial charge is 0.332 e. The van der Waals surface area contributed by atoms with Crippen molar-refractivity contribution < 1.29 is 0 Å². The van der Waals surface area contributed by atoms with Gasteiger partial charge in [0.25, 0.3) is 5.56 Å². The van der Waals surface area contributed by atoms with Gasteiger partial charge in [-0.1, -0.05) is 35.3 Å². The van der Waals surface area contributed by atoms with Gasteiger partial charge in [0, 0.05) is 11.1 Å². The SMILES string of the molecule is O=c1c2ncccc2n(Cc2ccc(Cl)c(Cl)c2)c(=O)n1Cc1cccs1. The van der Waals surface area contributed by atoms with E-state index in [4.69, 9.17) is 23.2 Å². The number of hydrogen-bond donors (Lipinski definition) is 0. The van der Waals surface area contributed by atoms with E-state index in [9.17, 15) is 9.59 Å². The van der Waals surface area contributed by atoms with E-state index >= 15 is 0 Å². The first-order valence-corrected chi connectivity index (χ1v) is 9.73. The standard InChI is InChI=1S/C19H13Cl2N3O2S/c20-14-6-5-12(9-15(14)21)10-23-16-4-1-7-22-17(16)18(25)24(19(23)26)11-13-3-2-8-27-13/h1-9H,10-11H2. The van der Waals surface area contributed by atoms with Crippen LogP contribution in [0.1, 0.15) is 10.4 Å². The lowest BCUT2D eigenvalue weighted by molar-refractivity contribution is 0.637. The summed E-state index contributed by atoms with van der Waals surface area (Å²) < 4.78 is 2.76. The molecule has 8 heteroatoms. The lowest BCUT2D eigenvalue weighted by Crippen LogP contribution is -2.40. The molecule has 3 aromatic heterocycles. The molecular weight excluding hydrogens is 405 g/mol. The Morgan fingerprint density at radius 2 is 1.81 bits per heavy atom. The molecule has 0 aliphatic carbocycles. The Hall–Kier alpha value is -2.41. The third-order valence-electron chi connectivity index (χ3n) is 4.21. The van der Waals surface area contributed by atoms with Gasteiger partial charge in [-0.2, -0.15) is 0 Å². The average molecular weight is 418 g/mol. The number of nitrogens with zero attached hydrogens (tertiary/aromatic N) is 3. The van der Waals surface area contributed by atoms with Gasteiger partial charge in [-0.05, 0) is 41.3 Å². The number of hydrogen-bond acceptors (Lipinski definition) is 4. The van der Waals surface area contributed by atoms with Gasteiger partial charge in [0.1, 0.15) is 0 Å². The Bertz CT molecular complexity index is 1250. The van der Waals surface area contributed by atoms with Crippen LogP contribution in [0.25, 0.3) is 11.0 Å². The van der Waals surface area contributed by atoms with Crippen LogP contribution in [0.15, 0.2) is 63.6 Å². The van der Waals surface area contributed by atoms with Crippen LogP contribution < -0.4 is 11.2 Å². The fourth-order valence-electron chi connectivity index (χ4n) is 2.91. The minimum absolute atomic E-state index is 0.212. The fourth-order valence-corrected chi connectivity index (χ4v) is 3.93. The minimum Gasteiger partial charge on any atom is -0.287 e. The molecule has 0 saturated carbocycles. The van der Waals surface area contributed by atoms with E-state index in [2.05, 4.69) is 4.98 Å².